The maximum Gasteiger partial charge on any atom is 0.315 e. The first-order valence-electron chi connectivity index (χ1n) is 9.86. The molecule has 0 unspecified atom stereocenters. The quantitative estimate of drug-likeness (QED) is 0.723. The average molecular weight is 438 g/mol. The fraction of sp³-hybridized carbons (Fsp3) is 0.381. The van der Waals surface area contributed by atoms with Gasteiger partial charge in [-0.2, -0.15) is 4.31 Å². The van der Waals surface area contributed by atoms with Gasteiger partial charge in [0, 0.05) is 19.6 Å². The van der Waals surface area contributed by atoms with Gasteiger partial charge in [-0.1, -0.05) is 24.6 Å². The molecular formula is C21H25F2N3O3S. The molecule has 1 fully saturated rings. The summed E-state index contributed by atoms with van der Waals surface area (Å²) in [7, 11) is -3.49. The molecule has 9 heteroatoms. The maximum absolute atomic E-state index is 13.3. The predicted octanol–water partition coefficient (Wildman–Crippen LogP) is 3.70. The summed E-state index contributed by atoms with van der Waals surface area (Å²) in [4.78, 5) is 12.3. The predicted molar refractivity (Wildman–Crippen MR) is 109 cm³/mol. The summed E-state index contributed by atoms with van der Waals surface area (Å²) < 4.78 is 53.2. The molecule has 1 saturated heterocycles. The Labute approximate surface area is 175 Å². The Kier molecular flexibility index (Phi) is 7.04. The molecule has 2 aromatic rings. The Morgan fingerprint density at radius 1 is 1.03 bits per heavy atom. The van der Waals surface area contributed by atoms with Crippen LogP contribution in [0.4, 0.5) is 13.6 Å². The minimum Gasteiger partial charge on any atom is -0.334 e. The van der Waals surface area contributed by atoms with Gasteiger partial charge < -0.3 is 10.6 Å². The number of halogens is 2. The molecule has 0 saturated carbocycles. The molecule has 2 amide bonds. The smallest absolute Gasteiger partial charge is 0.315 e. The highest BCUT2D eigenvalue weighted by atomic mass is 32.2. The molecular weight excluding hydrogens is 412 g/mol. The summed E-state index contributed by atoms with van der Waals surface area (Å²) in [6.45, 7) is 2.94. The topological polar surface area (TPSA) is 78.5 Å². The Hall–Kier alpha value is -2.52. The van der Waals surface area contributed by atoms with Crippen molar-refractivity contribution in [2.24, 2.45) is 0 Å². The summed E-state index contributed by atoms with van der Waals surface area (Å²) >= 11 is 0. The van der Waals surface area contributed by atoms with Crippen molar-refractivity contribution >= 4 is 16.1 Å². The first-order chi connectivity index (χ1) is 14.3. The van der Waals surface area contributed by atoms with Gasteiger partial charge in [0.1, 0.15) is 0 Å². The van der Waals surface area contributed by atoms with E-state index in [2.05, 4.69) is 10.6 Å². The van der Waals surface area contributed by atoms with Gasteiger partial charge in [-0.05, 0) is 55.2 Å². The van der Waals surface area contributed by atoms with Gasteiger partial charge in [-0.15, -0.1) is 0 Å². The molecule has 3 rings (SSSR count). The van der Waals surface area contributed by atoms with Gasteiger partial charge in [0.2, 0.25) is 10.0 Å². The van der Waals surface area contributed by atoms with Crippen LogP contribution in [0.15, 0.2) is 47.4 Å². The fourth-order valence-electron chi connectivity index (χ4n) is 3.33. The van der Waals surface area contributed by atoms with Crippen molar-refractivity contribution in [1.29, 1.82) is 0 Å². The van der Waals surface area contributed by atoms with E-state index in [-0.39, 0.29) is 11.4 Å². The van der Waals surface area contributed by atoms with Crippen LogP contribution in [0.1, 0.15) is 43.4 Å². The zero-order valence-corrected chi connectivity index (χ0v) is 17.5. The molecule has 0 aromatic heterocycles. The van der Waals surface area contributed by atoms with E-state index in [0.29, 0.717) is 18.7 Å². The second-order valence-corrected chi connectivity index (χ2v) is 9.27. The second-order valence-electron chi connectivity index (χ2n) is 7.33. The molecule has 0 bridgehead atoms. The highest BCUT2D eigenvalue weighted by molar-refractivity contribution is 7.89. The third-order valence-corrected chi connectivity index (χ3v) is 7.03. The normalized spacial score (nSPS) is 16.1. The summed E-state index contributed by atoms with van der Waals surface area (Å²) in [5.74, 6) is -1.91. The van der Waals surface area contributed by atoms with Crippen LogP contribution in [0.25, 0.3) is 0 Å². The Morgan fingerprint density at radius 3 is 2.33 bits per heavy atom. The minimum atomic E-state index is -3.49. The number of nitrogens with one attached hydrogen (secondary N) is 2. The van der Waals surface area contributed by atoms with Crippen molar-refractivity contribution in [3.05, 3.63) is 65.2 Å². The van der Waals surface area contributed by atoms with E-state index in [0.717, 1.165) is 37.0 Å². The summed E-state index contributed by atoms with van der Waals surface area (Å²) in [6.07, 6.45) is 2.80. The lowest BCUT2D eigenvalue weighted by molar-refractivity contribution is 0.237. The third kappa shape index (κ3) is 5.34. The number of rotatable bonds is 6. The molecule has 0 radical (unpaired) electrons. The number of benzene rings is 2. The summed E-state index contributed by atoms with van der Waals surface area (Å²) in [5.41, 5.74) is 1.18. The molecule has 1 heterocycles. The largest absolute Gasteiger partial charge is 0.334 e. The minimum absolute atomic E-state index is 0.195. The second kappa shape index (κ2) is 9.53. The zero-order chi connectivity index (χ0) is 21.7. The first-order valence-corrected chi connectivity index (χ1v) is 11.3. The van der Waals surface area contributed by atoms with E-state index in [1.165, 1.54) is 10.4 Å². The number of piperidine rings is 1. The van der Waals surface area contributed by atoms with Crippen molar-refractivity contribution in [3.8, 4) is 0 Å². The third-order valence-electron chi connectivity index (χ3n) is 5.12. The molecule has 0 spiro atoms. The van der Waals surface area contributed by atoms with Crippen molar-refractivity contribution in [2.75, 3.05) is 13.1 Å². The Bertz CT molecular complexity index is 991. The molecule has 0 aliphatic carbocycles. The maximum atomic E-state index is 13.3. The molecule has 162 valence electrons. The monoisotopic (exact) mass is 437 g/mol. The lowest BCUT2D eigenvalue weighted by Gasteiger charge is -2.25. The first kappa shape index (κ1) is 22.2. The van der Waals surface area contributed by atoms with Crippen LogP contribution in [0.5, 0.6) is 0 Å². The van der Waals surface area contributed by atoms with E-state index in [4.69, 9.17) is 0 Å². The van der Waals surface area contributed by atoms with Crippen LogP contribution in [-0.2, 0) is 16.6 Å². The van der Waals surface area contributed by atoms with Crippen LogP contribution in [0.2, 0.25) is 0 Å². The van der Waals surface area contributed by atoms with Crippen LogP contribution >= 0.6 is 0 Å². The van der Waals surface area contributed by atoms with Gasteiger partial charge in [-0.25, -0.2) is 22.0 Å². The molecule has 1 aliphatic rings. The highest BCUT2D eigenvalue weighted by Gasteiger charge is 2.25. The number of nitrogens with zero attached hydrogens (tertiary/aromatic N) is 1. The summed E-state index contributed by atoms with van der Waals surface area (Å²) in [6, 6.07) is 8.89. The molecule has 1 aliphatic heterocycles. The molecule has 1 atom stereocenters. The molecule has 30 heavy (non-hydrogen) atoms. The van der Waals surface area contributed by atoms with Crippen molar-refractivity contribution in [3.63, 3.8) is 0 Å². The van der Waals surface area contributed by atoms with Crippen LogP contribution in [-0.4, -0.2) is 31.8 Å². The lowest BCUT2D eigenvalue weighted by Crippen LogP contribution is -2.36. The summed E-state index contributed by atoms with van der Waals surface area (Å²) in [5, 5.41) is 5.32. The van der Waals surface area contributed by atoms with Crippen molar-refractivity contribution in [2.45, 2.75) is 43.7 Å². The number of hydrogen-bond acceptors (Lipinski definition) is 3. The van der Waals surface area contributed by atoms with Gasteiger partial charge in [-0.3, -0.25) is 0 Å². The van der Waals surface area contributed by atoms with Gasteiger partial charge in [0.25, 0.3) is 0 Å². The average Bonchev–Trinajstić information content (AvgIpc) is 2.75. The SMILES string of the molecule is C[C@@H](NC(=O)NCc1ccc(S(=O)(=O)N2CCCCC2)cc1)c1ccc(F)c(F)c1. The number of sulfonamides is 1. The number of carbonyl (C=O) groups excluding carboxylic acids is 1. The standard InChI is InChI=1S/C21H25F2N3O3S/c1-15(17-7-10-19(22)20(23)13-17)25-21(27)24-14-16-5-8-18(9-6-16)30(28,29)26-11-3-2-4-12-26/h5-10,13,15H,2-4,11-12,14H2,1H3,(H2,24,25,27)/t15-/m1/s1. The lowest BCUT2D eigenvalue weighted by atomic mass is 10.1. The fourth-order valence-corrected chi connectivity index (χ4v) is 4.85. The van der Waals surface area contributed by atoms with E-state index >= 15 is 0 Å². The van der Waals surface area contributed by atoms with E-state index < -0.39 is 33.7 Å². The highest BCUT2D eigenvalue weighted by Crippen LogP contribution is 2.21. The number of urea groups is 1. The molecule has 2 aromatic carbocycles. The van der Waals surface area contributed by atoms with E-state index in [1.54, 1.807) is 31.2 Å². The Morgan fingerprint density at radius 2 is 1.70 bits per heavy atom. The van der Waals surface area contributed by atoms with Crippen LogP contribution in [0, 0.1) is 11.6 Å². The molecule has 6 nitrogen and oxygen atoms in total. The number of hydrogen-bond donors (Lipinski definition) is 2. The van der Waals surface area contributed by atoms with Gasteiger partial charge in [0.15, 0.2) is 11.6 Å². The van der Waals surface area contributed by atoms with E-state index in [1.807, 2.05) is 0 Å². The number of carbonyl (C=O) groups is 1. The Balaban J connectivity index is 1.54. The van der Waals surface area contributed by atoms with Gasteiger partial charge >= 0.3 is 6.03 Å². The number of amides is 2. The van der Waals surface area contributed by atoms with Gasteiger partial charge in [0.05, 0.1) is 10.9 Å². The zero-order valence-electron chi connectivity index (χ0n) is 16.7. The van der Waals surface area contributed by atoms with E-state index in [9.17, 15) is 22.0 Å². The van der Waals surface area contributed by atoms with Crippen LogP contribution in [0.3, 0.4) is 0 Å². The molecule has 2 N–H and O–H groups in total. The van der Waals surface area contributed by atoms with Crippen LogP contribution < -0.4 is 10.6 Å². The van der Waals surface area contributed by atoms with Crippen molar-refractivity contribution in [1.82, 2.24) is 14.9 Å². The van der Waals surface area contributed by atoms with Crippen molar-refractivity contribution < 1.29 is 22.0 Å².